The number of carbonyl (C=O) groups excluding carboxylic acids is 1. The van der Waals surface area contributed by atoms with E-state index in [0.29, 0.717) is 12.2 Å². The number of carbonyl (C=O) groups is 1. The summed E-state index contributed by atoms with van der Waals surface area (Å²) in [6.45, 7) is 6.08. The van der Waals surface area contributed by atoms with Gasteiger partial charge in [-0.25, -0.2) is 0 Å². The second-order valence-corrected chi connectivity index (χ2v) is 4.71. The number of methoxy groups -OCH3 is 1. The van der Waals surface area contributed by atoms with Crippen molar-refractivity contribution in [2.45, 2.75) is 52.2 Å². The highest BCUT2D eigenvalue weighted by Gasteiger charge is 2.20. The molecule has 1 aromatic rings. The highest BCUT2D eigenvalue weighted by molar-refractivity contribution is 5.81. The Labute approximate surface area is 121 Å². The fraction of sp³-hybridized carbons (Fsp3) is 0.562. The van der Waals surface area contributed by atoms with E-state index in [1.54, 1.807) is 7.11 Å². The first kappa shape index (κ1) is 16.3. The van der Waals surface area contributed by atoms with Gasteiger partial charge in [-0.1, -0.05) is 20.8 Å². The Balaban J connectivity index is 2.63. The van der Waals surface area contributed by atoms with Crippen LogP contribution in [0.25, 0.3) is 0 Å². The molecule has 1 rings (SSSR count). The van der Waals surface area contributed by atoms with Crippen LogP contribution >= 0.6 is 0 Å². The van der Waals surface area contributed by atoms with Crippen LogP contribution < -0.4 is 14.8 Å². The molecule has 112 valence electrons. The van der Waals surface area contributed by atoms with Crippen LogP contribution in [-0.2, 0) is 4.79 Å². The molecular formula is C16H25NO3. The first-order valence-corrected chi connectivity index (χ1v) is 7.25. The van der Waals surface area contributed by atoms with Crippen LogP contribution in [-0.4, -0.2) is 25.2 Å². The number of ether oxygens (including phenoxy) is 2. The van der Waals surface area contributed by atoms with Crippen LogP contribution in [0.5, 0.6) is 11.5 Å². The van der Waals surface area contributed by atoms with Gasteiger partial charge in [0.15, 0.2) is 6.10 Å². The molecule has 0 aliphatic rings. The molecule has 1 unspecified atom stereocenters. The maximum atomic E-state index is 12.2. The molecule has 0 bridgehead atoms. The number of benzene rings is 1. The maximum Gasteiger partial charge on any atom is 0.261 e. The normalized spacial score (nSPS) is 12.1. The van der Waals surface area contributed by atoms with E-state index < -0.39 is 6.10 Å². The zero-order valence-corrected chi connectivity index (χ0v) is 12.8. The van der Waals surface area contributed by atoms with E-state index in [4.69, 9.17) is 9.47 Å². The summed E-state index contributed by atoms with van der Waals surface area (Å²) in [4.78, 5) is 12.2. The minimum atomic E-state index is -0.455. The third kappa shape index (κ3) is 4.76. The highest BCUT2D eigenvalue weighted by Crippen LogP contribution is 2.19. The number of hydrogen-bond acceptors (Lipinski definition) is 3. The maximum absolute atomic E-state index is 12.2. The van der Waals surface area contributed by atoms with Crippen molar-refractivity contribution in [1.82, 2.24) is 5.32 Å². The molecule has 0 aliphatic heterocycles. The molecule has 20 heavy (non-hydrogen) atoms. The van der Waals surface area contributed by atoms with Crippen molar-refractivity contribution in [2.75, 3.05) is 7.11 Å². The third-order valence-corrected chi connectivity index (χ3v) is 3.33. The number of nitrogens with one attached hydrogen (secondary N) is 1. The average molecular weight is 279 g/mol. The first-order valence-electron chi connectivity index (χ1n) is 7.25. The van der Waals surface area contributed by atoms with Crippen LogP contribution in [0, 0.1) is 0 Å². The molecule has 1 aromatic carbocycles. The fourth-order valence-corrected chi connectivity index (χ4v) is 1.93. The lowest BCUT2D eigenvalue weighted by molar-refractivity contribution is -0.128. The van der Waals surface area contributed by atoms with Crippen LogP contribution in [0.15, 0.2) is 24.3 Å². The van der Waals surface area contributed by atoms with E-state index in [0.717, 1.165) is 18.6 Å². The van der Waals surface area contributed by atoms with Crippen molar-refractivity contribution in [3.8, 4) is 11.5 Å². The Morgan fingerprint density at radius 3 is 2.05 bits per heavy atom. The van der Waals surface area contributed by atoms with Gasteiger partial charge in [0.1, 0.15) is 11.5 Å². The Morgan fingerprint density at radius 2 is 1.60 bits per heavy atom. The molecule has 0 aromatic heterocycles. The molecule has 1 atom stereocenters. The third-order valence-electron chi connectivity index (χ3n) is 3.33. The summed E-state index contributed by atoms with van der Waals surface area (Å²) in [5.41, 5.74) is 0. The second kappa shape index (κ2) is 8.46. The van der Waals surface area contributed by atoms with Gasteiger partial charge < -0.3 is 14.8 Å². The predicted octanol–water partition coefficient (Wildman–Crippen LogP) is 3.16. The molecule has 0 spiro atoms. The van der Waals surface area contributed by atoms with Crippen LogP contribution in [0.2, 0.25) is 0 Å². The molecule has 0 heterocycles. The highest BCUT2D eigenvalue weighted by atomic mass is 16.5. The van der Waals surface area contributed by atoms with E-state index >= 15 is 0 Å². The number of amides is 1. The van der Waals surface area contributed by atoms with E-state index in [1.165, 1.54) is 0 Å². The molecule has 0 radical (unpaired) electrons. The Kier molecular flexibility index (Phi) is 6.91. The molecule has 0 aliphatic carbocycles. The molecular weight excluding hydrogens is 254 g/mol. The predicted molar refractivity (Wildman–Crippen MR) is 80.2 cm³/mol. The van der Waals surface area contributed by atoms with Crippen molar-refractivity contribution < 1.29 is 14.3 Å². The summed E-state index contributed by atoms with van der Waals surface area (Å²) in [6, 6.07) is 7.48. The molecule has 4 heteroatoms. The second-order valence-electron chi connectivity index (χ2n) is 4.71. The van der Waals surface area contributed by atoms with Crippen molar-refractivity contribution in [2.24, 2.45) is 0 Å². The zero-order chi connectivity index (χ0) is 15.0. The van der Waals surface area contributed by atoms with Crippen molar-refractivity contribution in [3.63, 3.8) is 0 Å². The van der Waals surface area contributed by atoms with Gasteiger partial charge in [-0.3, -0.25) is 4.79 Å². The Hall–Kier alpha value is -1.71. The largest absolute Gasteiger partial charge is 0.497 e. The summed E-state index contributed by atoms with van der Waals surface area (Å²) in [5.74, 6) is 1.40. The SMILES string of the molecule is CCC(CC)NC(=O)C(CC)Oc1ccc(OC)cc1. The molecule has 1 amide bonds. The van der Waals surface area contributed by atoms with Gasteiger partial charge in [0.2, 0.25) is 0 Å². The lowest BCUT2D eigenvalue weighted by Crippen LogP contribution is -2.43. The molecule has 4 nitrogen and oxygen atoms in total. The van der Waals surface area contributed by atoms with Gasteiger partial charge in [0.25, 0.3) is 5.91 Å². The van der Waals surface area contributed by atoms with Gasteiger partial charge in [-0.2, -0.15) is 0 Å². The average Bonchev–Trinajstić information content (AvgIpc) is 2.50. The fourth-order valence-electron chi connectivity index (χ4n) is 1.93. The summed E-state index contributed by atoms with van der Waals surface area (Å²) in [5, 5.41) is 3.02. The minimum Gasteiger partial charge on any atom is -0.497 e. The van der Waals surface area contributed by atoms with Gasteiger partial charge in [-0.15, -0.1) is 0 Å². The van der Waals surface area contributed by atoms with Crippen molar-refractivity contribution >= 4 is 5.91 Å². The summed E-state index contributed by atoms with van der Waals surface area (Å²) >= 11 is 0. The van der Waals surface area contributed by atoms with Crippen LogP contribution in [0.3, 0.4) is 0 Å². The molecule has 0 fully saturated rings. The summed E-state index contributed by atoms with van der Waals surface area (Å²) in [7, 11) is 1.62. The monoisotopic (exact) mass is 279 g/mol. The summed E-state index contributed by atoms with van der Waals surface area (Å²) in [6.07, 6.45) is 2.05. The van der Waals surface area contributed by atoms with E-state index in [-0.39, 0.29) is 11.9 Å². The molecule has 0 saturated heterocycles. The number of rotatable bonds is 8. The van der Waals surface area contributed by atoms with E-state index in [1.807, 2.05) is 31.2 Å². The Bertz CT molecular complexity index is 399. The smallest absolute Gasteiger partial charge is 0.261 e. The lowest BCUT2D eigenvalue weighted by Gasteiger charge is -2.21. The zero-order valence-electron chi connectivity index (χ0n) is 12.8. The standard InChI is InChI=1S/C16H25NO3/c1-5-12(6-2)17-16(18)15(7-3)20-14-10-8-13(19-4)9-11-14/h8-12,15H,5-7H2,1-4H3,(H,17,18). The Morgan fingerprint density at radius 1 is 1.05 bits per heavy atom. The quantitative estimate of drug-likeness (QED) is 0.795. The first-order chi connectivity index (χ1) is 9.64. The van der Waals surface area contributed by atoms with Crippen molar-refractivity contribution in [3.05, 3.63) is 24.3 Å². The van der Waals surface area contributed by atoms with Gasteiger partial charge in [0, 0.05) is 6.04 Å². The van der Waals surface area contributed by atoms with Crippen LogP contribution in [0.4, 0.5) is 0 Å². The minimum absolute atomic E-state index is 0.0444. The molecule has 1 N–H and O–H groups in total. The van der Waals surface area contributed by atoms with Crippen molar-refractivity contribution in [1.29, 1.82) is 0 Å². The topological polar surface area (TPSA) is 47.6 Å². The lowest BCUT2D eigenvalue weighted by atomic mass is 10.1. The van der Waals surface area contributed by atoms with E-state index in [2.05, 4.69) is 19.2 Å². The van der Waals surface area contributed by atoms with Gasteiger partial charge in [0.05, 0.1) is 7.11 Å². The molecule has 0 saturated carbocycles. The summed E-state index contributed by atoms with van der Waals surface area (Å²) < 4.78 is 10.8. The van der Waals surface area contributed by atoms with Crippen LogP contribution in [0.1, 0.15) is 40.0 Å². The van der Waals surface area contributed by atoms with Gasteiger partial charge >= 0.3 is 0 Å². The van der Waals surface area contributed by atoms with Gasteiger partial charge in [-0.05, 0) is 43.5 Å². The number of hydrogen-bond donors (Lipinski definition) is 1. The van der Waals surface area contributed by atoms with E-state index in [9.17, 15) is 4.79 Å².